The summed E-state index contributed by atoms with van der Waals surface area (Å²) < 4.78 is 4.31. The Kier molecular flexibility index (Phi) is 55.4. The zero-order chi connectivity index (χ0) is 100.0. The maximum atomic E-state index is 12.9. The van der Waals surface area contributed by atoms with Gasteiger partial charge in [0.25, 0.3) is 0 Å². The third kappa shape index (κ3) is 37.2. The number of amidine groups is 1. The molecule has 2 aromatic heterocycles. The molecule has 18 heterocycles. The Balaban J connectivity index is 0.000000821. The van der Waals surface area contributed by atoms with Gasteiger partial charge in [-0.15, -0.1) is 10.2 Å². The van der Waals surface area contributed by atoms with Crippen molar-refractivity contribution < 1.29 is 24.0 Å². The Morgan fingerprint density at radius 1 is 0.327 bits per heavy atom. The van der Waals surface area contributed by atoms with Crippen molar-refractivity contribution in [2.75, 3.05) is 76.9 Å². The molecule has 16 aliphatic rings. The fraction of sp³-hybridized carbons (Fsp3) is 0.816. The van der Waals surface area contributed by atoms with Crippen LogP contribution in [-0.2, 0) is 49.9 Å². The molecule has 19 rings (SSSR count). The highest BCUT2D eigenvalue weighted by atomic mass is 16.2. The van der Waals surface area contributed by atoms with Crippen molar-refractivity contribution in [3.8, 4) is 0 Å². The molecule has 2 bridgehead atoms. The first-order valence-electron chi connectivity index (χ1n) is 54.6. The number of amides is 5. The van der Waals surface area contributed by atoms with Crippen molar-refractivity contribution in [1.82, 2.24) is 53.7 Å². The van der Waals surface area contributed by atoms with Gasteiger partial charge in [0.05, 0.1) is 12.6 Å². The van der Waals surface area contributed by atoms with Crippen molar-refractivity contribution in [1.29, 1.82) is 0 Å². The van der Waals surface area contributed by atoms with Crippen LogP contribution in [0.15, 0.2) is 73.7 Å². The van der Waals surface area contributed by atoms with Crippen LogP contribution in [0.25, 0.3) is 0 Å². The first-order chi connectivity index (χ1) is 64.3. The second-order valence-corrected chi connectivity index (χ2v) is 52.6. The molecule has 3 aromatic rings. The number of hydrogen-bond acceptors (Lipinski definition) is 15. The van der Waals surface area contributed by atoms with Gasteiger partial charge < -0.3 is 43.4 Å². The van der Waals surface area contributed by atoms with Crippen LogP contribution in [0.1, 0.15) is 476 Å². The number of aryl methyl sites for hydroxylation is 4. The van der Waals surface area contributed by atoms with Gasteiger partial charge in [0.1, 0.15) is 36.1 Å². The average molecular weight is 2050 g/mol. The first-order valence-corrected chi connectivity index (χ1v) is 54.6. The largest absolute Gasteiger partial charge is 0.373 e. The Morgan fingerprint density at radius 2 is 0.782 bits per heavy atom. The SMILES string of the molecule is C.C.C.C.C.C.C.C.C.C.CC(C)(C)C1CCC2CCCN(C2)C1=O.CC(C)(C)C1CCCC2CCCC(=O)N2C1.CC(C)(C)C1CCCC2CCCCN2C1=O.CC(C)(C)C1CCCC2CCCN2C1=O.CC(C)(C)C1CCc2cccc3c2N(CCC3)C1=O.CC(C)(C)C1N=CCCN2CCC=C12.CC(C)(C)C1N=CCCN2CCN=C12.CC(C)(C)C1N=CCCn2ccnc21.CC(C)(C)C1N=CCCn2cnnc21. The molecular formula is C125H231N17O5. The lowest BCUT2D eigenvalue weighted by atomic mass is 9.77. The van der Waals surface area contributed by atoms with Gasteiger partial charge in [0, 0.05) is 188 Å². The van der Waals surface area contributed by atoms with Crippen molar-refractivity contribution in [3.05, 3.63) is 71.5 Å². The third-order valence-electron chi connectivity index (χ3n) is 32.2. The predicted molar refractivity (Wildman–Crippen MR) is 635 cm³/mol. The zero-order valence-electron chi connectivity index (χ0n) is 91.4. The number of anilines is 1. The Hall–Kier alpha value is -7.39. The van der Waals surface area contributed by atoms with Crippen LogP contribution in [0.2, 0.25) is 0 Å². The van der Waals surface area contributed by atoms with Crippen molar-refractivity contribution in [2.24, 2.45) is 109 Å². The molecule has 13 atom stereocenters. The van der Waals surface area contributed by atoms with E-state index in [9.17, 15) is 24.0 Å². The van der Waals surface area contributed by atoms with Crippen LogP contribution in [0.4, 0.5) is 5.69 Å². The summed E-state index contributed by atoms with van der Waals surface area (Å²) in [5, 5.41) is 8.11. The summed E-state index contributed by atoms with van der Waals surface area (Å²) in [5.74, 6) is 7.72. The number of fused-ring (bicyclic) bond motifs is 9. The molecule has 5 amide bonds. The van der Waals surface area contributed by atoms with E-state index in [2.05, 4.69) is 302 Å². The number of imidazole rings is 1. The smallest absolute Gasteiger partial charge is 0.230 e. The minimum Gasteiger partial charge on any atom is -0.373 e. The van der Waals surface area contributed by atoms with E-state index in [1.807, 2.05) is 24.8 Å². The molecule has 16 aliphatic heterocycles. The summed E-state index contributed by atoms with van der Waals surface area (Å²) in [6.07, 6.45) is 51.1. The second kappa shape index (κ2) is 59.2. The molecule has 1 aromatic carbocycles. The van der Waals surface area contributed by atoms with Crippen molar-refractivity contribution in [3.63, 3.8) is 0 Å². The number of rotatable bonds is 0. The van der Waals surface area contributed by atoms with E-state index < -0.39 is 0 Å². The topological polar surface area (TPSA) is 218 Å². The minimum atomic E-state index is 0. The van der Waals surface area contributed by atoms with E-state index in [1.54, 1.807) is 6.33 Å². The molecule has 0 radical (unpaired) electrons. The number of hydrogen-bond donors (Lipinski definition) is 0. The number of aromatic nitrogens is 5. The molecule has 0 saturated carbocycles. The maximum Gasteiger partial charge on any atom is 0.230 e. The zero-order valence-corrected chi connectivity index (χ0v) is 91.4. The number of piperidine rings is 3. The second-order valence-electron chi connectivity index (χ2n) is 52.6. The Bertz CT molecular complexity index is 4450. The third-order valence-corrected chi connectivity index (χ3v) is 32.2. The lowest BCUT2D eigenvalue weighted by molar-refractivity contribution is -0.142. The number of para-hydroxylation sites is 1. The van der Waals surface area contributed by atoms with E-state index in [0.29, 0.717) is 65.0 Å². The number of carbonyl (C=O) groups excluding carboxylic acids is 5. The van der Waals surface area contributed by atoms with Gasteiger partial charge in [-0.2, -0.15) is 0 Å². The van der Waals surface area contributed by atoms with Crippen molar-refractivity contribution >= 4 is 65.9 Å². The summed E-state index contributed by atoms with van der Waals surface area (Å²) in [4.78, 5) is 105. The molecule has 0 spiro atoms. The highest BCUT2D eigenvalue weighted by Crippen LogP contribution is 2.47. The molecule has 22 heteroatoms. The number of aliphatic imine (C=N–C) groups is 5. The number of nitrogens with zero attached hydrogens (tertiary/aromatic N) is 17. The fourth-order valence-corrected chi connectivity index (χ4v) is 24.0. The van der Waals surface area contributed by atoms with Crippen molar-refractivity contribution in [2.45, 2.75) is 509 Å². The highest BCUT2D eigenvalue weighted by Gasteiger charge is 2.47. The van der Waals surface area contributed by atoms with Crippen LogP contribution in [0.3, 0.4) is 0 Å². The van der Waals surface area contributed by atoms with Crippen LogP contribution >= 0.6 is 0 Å². The van der Waals surface area contributed by atoms with Gasteiger partial charge in [-0.25, -0.2) is 4.98 Å². The van der Waals surface area contributed by atoms with Gasteiger partial charge in [-0.1, -0.05) is 305 Å². The van der Waals surface area contributed by atoms with Gasteiger partial charge in [-0.3, -0.25) is 48.9 Å². The molecule has 0 N–H and O–H groups in total. The Labute approximate surface area is 905 Å². The number of benzene rings is 1. The molecule has 8 fully saturated rings. The van der Waals surface area contributed by atoms with Crippen LogP contribution in [0, 0.1) is 84.2 Å². The fourth-order valence-electron chi connectivity index (χ4n) is 24.0. The van der Waals surface area contributed by atoms with Gasteiger partial charge in [0.15, 0.2) is 5.82 Å². The highest BCUT2D eigenvalue weighted by molar-refractivity contribution is 5.98. The summed E-state index contributed by atoms with van der Waals surface area (Å²) in [6, 6.07) is 9.20. The van der Waals surface area contributed by atoms with E-state index in [4.69, 9.17) is 4.99 Å². The Morgan fingerprint density at radius 3 is 1.33 bits per heavy atom. The summed E-state index contributed by atoms with van der Waals surface area (Å²) in [7, 11) is 0. The molecule has 13 unspecified atom stereocenters. The molecule has 0 aliphatic carbocycles. The normalized spacial score (nSPS) is 26.0. The van der Waals surface area contributed by atoms with Crippen LogP contribution in [0.5, 0.6) is 0 Å². The summed E-state index contributed by atoms with van der Waals surface area (Å²) in [6.45, 7) is 73.4. The minimum absolute atomic E-state index is 0. The quantitative estimate of drug-likeness (QED) is 0.207. The predicted octanol–water partition coefficient (Wildman–Crippen LogP) is 30.2. The van der Waals surface area contributed by atoms with Crippen LogP contribution in [-0.4, -0.2) is 216 Å². The van der Waals surface area contributed by atoms with Crippen LogP contribution < -0.4 is 4.90 Å². The van der Waals surface area contributed by atoms with Gasteiger partial charge in [0.2, 0.25) is 29.5 Å². The lowest BCUT2D eigenvalue weighted by Crippen LogP contribution is -2.47. The standard InChI is InChI=1S/C17H23NO.2C14H25NO.2C13H23NO.C12H20N2.C11H19N3.C11H17N3.C10H16N4.10CH4/c1-17(2,3)14-10-9-13-7-4-6-12-8-5-11-18(15(12)13)16(14)19;1-14(2,3)11-6-4-7-12-8-5-9-13(16)15(12)10-11;1-14(2,3)12-9-6-8-11-7-4-5-10-15(11)13(12)16;1-13(2,3)11-8-4-6-10-7-5-9-14(10)12(11)15;1-13(2,3)11-7-6-10-5-4-8-14(9-10)12(11)15;1-12(2,3)11-10-6-4-8-14(10)9-5-7-13-11;2*1-11(2,3)9-10-13-6-8-14(10)7-4-5-12-9;1-10(2,3)8-9-13-12-7-14(9)6-4-5-11-8;;;;;;;;;;/h4,6-7,14H,5,8-11H2,1-3H3;2*11-12H,4-10H2,1-3H3;2*10-11H,4-9H2,1-3H3;6-7,11H,4-5,8-9H2,1-3H3;5,9H,4,6-8H2,1-3H3;5-6,8-9H,4,7H2,1-3H3;5,7-8H,4,6H2,1-3H3;10*1H4. The molecule has 8 saturated heterocycles. The maximum absolute atomic E-state index is 12.9. The lowest BCUT2D eigenvalue weighted by Gasteiger charge is -2.38. The van der Waals surface area contributed by atoms with E-state index in [-0.39, 0.29) is 159 Å². The summed E-state index contributed by atoms with van der Waals surface area (Å²) in [5.41, 5.74) is 6.91. The first kappa shape index (κ1) is 138. The average Bonchev–Trinajstić information content (AvgIpc) is 1.66. The summed E-state index contributed by atoms with van der Waals surface area (Å²) >= 11 is 0. The molecular weight excluding hydrogens is 1820 g/mol. The van der Waals surface area contributed by atoms with E-state index >= 15 is 0 Å². The van der Waals surface area contributed by atoms with E-state index in [0.717, 1.165) is 180 Å². The van der Waals surface area contributed by atoms with Gasteiger partial charge >= 0.3 is 0 Å². The number of carbonyl (C=O) groups is 5. The monoisotopic (exact) mass is 2050 g/mol. The van der Waals surface area contributed by atoms with Gasteiger partial charge in [-0.05, 0) is 226 Å². The van der Waals surface area contributed by atoms with E-state index in [1.165, 1.54) is 144 Å². The molecule has 147 heavy (non-hydrogen) atoms. The molecule has 22 nitrogen and oxygen atoms in total. The molecule has 846 valence electrons.